The maximum atomic E-state index is 12.2. The lowest BCUT2D eigenvalue weighted by molar-refractivity contribution is 0.194. The molecule has 1 saturated heterocycles. The number of carbonyl (C=O) groups excluding carboxylic acids is 1. The number of nitrogens with one attached hydrogen (secondary N) is 1. The van der Waals surface area contributed by atoms with Crippen LogP contribution in [0.2, 0.25) is 0 Å². The van der Waals surface area contributed by atoms with Crippen molar-refractivity contribution >= 4 is 11.7 Å². The van der Waals surface area contributed by atoms with Crippen LogP contribution >= 0.6 is 0 Å². The van der Waals surface area contributed by atoms with Gasteiger partial charge in [-0.15, -0.1) is 0 Å². The molecule has 0 spiro atoms. The van der Waals surface area contributed by atoms with E-state index < -0.39 is 0 Å². The topological polar surface area (TPSA) is 35.6 Å². The van der Waals surface area contributed by atoms with E-state index in [0.717, 1.165) is 39.1 Å². The van der Waals surface area contributed by atoms with Crippen molar-refractivity contribution < 1.29 is 4.79 Å². The van der Waals surface area contributed by atoms with Crippen LogP contribution in [0, 0.1) is 6.92 Å². The number of anilines is 1. The van der Waals surface area contributed by atoms with Crippen molar-refractivity contribution in [1.82, 2.24) is 10.2 Å². The zero-order valence-electron chi connectivity index (χ0n) is 15.8. The van der Waals surface area contributed by atoms with Crippen LogP contribution in [0.4, 0.5) is 10.5 Å². The summed E-state index contributed by atoms with van der Waals surface area (Å²) in [4.78, 5) is 16.6. The van der Waals surface area contributed by atoms with Gasteiger partial charge in [0.15, 0.2) is 0 Å². The van der Waals surface area contributed by atoms with Gasteiger partial charge >= 0.3 is 6.03 Å². The van der Waals surface area contributed by atoms with E-state index in [1.54, 1.807) is 0 Å². The minimum Gasteiger partial charge on any atom is -0.368 e. The molecule has 2 amide bonds. The highest BCUT2D eigenvalue weighted by atomic mass is 16.2. The molecule has 1 N–H and O–H groups in total. The second-order valence-electron chi connectivity index (χ2n) is 7.08. The molecule has 1 heterocycles. The molecule has 0 bridgehead atoms. The van der Waals surface area contributed by atoms with E-state index in [9.17, 15) is 4.79 Å². The number of hydrogen-bond acceptors (Lipinski definition) is 2. The molecule has 1 aromatic rings. The number of rotatable bonds is 6. The summed E-state index contributed by atoms with van der Waals surface area (Å²) < 4.78 is 0. The Labute approximate surface area is 147 Å². The monoisotopic (exact) mass is 331 g/mol. The molecule has 134 valence electrons. The second kappa shape index (κ2) is 8.95. The molecule has 0 saturated carbocycles. The average molecular weight is 332 g/mol. The van der Waals surface area contributed by atoms with Crippen molar-refractivity contribution in [1.29, 1.82) is 0 Å². The minimum absolute atomic E-state index is 0.0969. The largest absolute Gasteiger partial charge is 0.368 e. The van der Waals surface area contributed by atoms with Gasteiger partial charge in [-0.25, -0.2) is 4.79 Å². The van der Waals surface area contributed by atoms with Crippen LogP contribution in [0.1, 0.15) is 57.1 Å². The van der Waals surface area contributed by atoms with Crippen molar-refractivity contribution in [2.45, 2.75) is 52.9 Å². The highest BCUT2D eigenvalue weighted by Gasteiger charge is 2.23. The van der Waals surface area contributed by atoms with Gasteiger partial charge in [0.25, 0.3) is 0 Å². The summed E-state index contributed by atoms with van der Waals surface area (Å²) in [6.07, 6.45) is 3.44. The molecule has 1 aromatic carbocycles. The molecule has 0 aromatic heterocycles. The zero-order valence-corrected chi connectivity index (χ0v) is 15.8. The normalized spacial score (nSPS) is 15.0. The summed E-state index contributed by atoms with van der Waals surface area (Å²) in [6.45, 7) is 13.1. The number of benzene rings is 1. The van der Waals surface area contributed by atoms with E-state index in [0.29, 0.717) is 5.92 Å². The first-order chi connectivity index (χ1) is 11.5. The summed E-state index contributed by atoms with van der Waals surface area (Å²) >= 11 is 0. The molecule has 1 aliphatic heterocycles. The number of carbonyl (C=O) groups is 1. The third kappa shape index (κ3) is 4.65. The van der Waals surface area contributed by atoms with Crippen LogP contribution in [-0.4, -0.2) is 43.7 Å². The van der Waals surface area contributed by atoms with Crippen molar-refractivity contribution in [3.05, 3.63) is 29.3 Å². The molecule has 0 atom stereocenters. The first-order valence-electron chi connectivity index (χ1n) is 9.41. The van der Waals surface area contributed by atoms with Gasteiger partial charge in [0.2, 0.25) is 0 Å². The van der Waals surface area contributed by atoms with Gasteiger partial charge in [0.1, 0.15) is 0 Å². The molecule has 24 heavy (non-hydrogen) atoms. The summed E-state index contributed by atoms with van der Waals surface area (Å²) in [5.74, 6) is 0.514. The summed E-state index contributed by atoms with van der Waals surface area (Å²) in [5, 5.41) is 3.05. The molecule has 2 rings (SSSR count). The van der Waals surface area contributed by atoms with Crippen LogP contribution in [0.15, 0.2) is 18.2 Å². The van der Waals surface area contributed by atoms with Crippen LogP contribution < -0.4 is 10.2 Å². The van der Waals surface area contributed by atoms with E-state index in [-0.39, 0.29) is 6.03 Å². The number of aryl methyl sites for hydroxylation is 1. The number of piperazine rings is 1. The van der Waals surface area contributed by atoms with Gasteiger partial charge in [-0.3, -0.25) is 0 Å². The molecule has 4 heteroatoms. The van der Waals surface area contributed by atoms with E-state index in [1.165, 1.54) is 29.7 Å². The highest BCUT2D eigenvalue weighted by Crippen LogP contribution is 2.31. The fraction of sp³-hybridized carbons (Fsp3) is 0.650. The smallest absolute Gasteiger partial charge is 0.317 e. The fourth-order valence-electron chi connectivity index (χ4n) is 3.39. The lowest BCUT2D eigenvalue weighted by Gasteiger charge is -2.38. The quantitative estimate of drug-likeness (QED) is 0.795. The van der Waals surface area contributed by atoms with Gasteiger partial charge in [0, 0.05) is 38.4 Å². The lowest BCUT2D eigenvalue weighted by Crippen LogP contribution is -2.52. The Morgan fingerprint density at radius 3 is 2.50 bits per heavy atom. The van der Waals surface area contributed by atoms with E-state index >= 15 is 0 Å². The lowest BCUT2D eigenvalue weighted by atomic mass is 9.97. The predicted molar refractivity (Wildman–Crippen MR) is 102 cm³/mol. The Balaban J connectivity index is 1.92. The molecular weight excluding hydrogens is 298 g/mol. The van der Waals surface area contributed by atoms with E-state index in [2.05, 4.69) is 56.1 Å². The number of hydrogen-bond donors (Lipinski definition) is 1. The van der Waals surface area contributed by atoms with E-state index in [4.69, 9.17) is 0 Å². The Bertz CT molecular complexity index is 534. The predicted octanol–water partition coefficient (Wildman–Crippen LogP) is 4.14. The Kier molecular flexibility index (Phi) is 6.95. The van der Waals surface area contributed by atoms with Crippen LogP contribution in [0.5, 0.6) is 0 Å². The average Bonchev–Trinajstić information content (AvgIpc) is 2.58. The van der Waals surface area contributed by atoms with Crippen LogP contribution in [0.3, 0.4) is 0 Å². The molecular formula is C20H33N3O. The molecule has 1 aliphatic rings. The van der Waals surface area contributed by atoms with Crippen molar-refractivity contribution in [2.24, 2.45) is 0 Å². The maximum Gasteiger partial charge on any atom is 0.317 e. The number of para-hydroxylation sites is 1. The van der Waals surface area contributed by atoms with Gasteiger partial charge in [-0.1, -0.05) is 51.8 Å². The van der Waals surface area contributed by atoms with E-state index in [1.807, 2.05) is 4.90 Å². The molecule has 0 radical (unpaired) electrons. The van der Waals surface area contributed by atoms with Crippen molar-refractivity contribution in [3.8, 4) is 0 Å². The summed E-state index contributed by atoms with van der Waals surface area (Å²) in [5.41, 5.74) is 4.11. The number of urea groups is 1. The summed E-state index contributed by atoms with van der Waals surface area (Å²) in [6, 6.07) is 6.67. The number of unbranched alkanes of at least 4 members (excludes halogenated alkanes) is 2. The molecule has 0 aliphatic carbocycles. The van der Waals surface area contributed by atoms with Crippen LogP contribution in [-0.2, 0) is 0 Å². The number of nitrogens with zero attached hydrogens (tertiary/aromatic N) is 2. The minimum atomic E-state index is 0.0969. The first-order valence-corrected chi connectivity index (χ1v) is 9.41. The van der Waals surface area contributed by atoms with Gasteiger partial charge in [-0.2, -0.15) is 0 Å². The Hall–Kier alpha value is -1.71. The third-order valence-electron chi connectivity index (χ3n) is 4.83. The molecule has 0 unspecified atom stereocenters. The zero-order chi connectivity index (χ0) is 17.5. The third-order valence-corrected chi connectivity index (χ3v) is 4.83. The summed E-state index contributed by atoms with van der Waals surface area (Å²) in [7, 11) is 0. The highest BCUT2D eigenvalue weighted by molar-refractivity contribution is 5.74. The van der Waals surface area contributed by atoms with Gasteiger partial charge in [0.05, 0.1) is 0 Å². The molecule has 1 fully saturated rings. The van der Waals surface area contributed by atoms with Gasteiger partial charge in [-0.05, 0) is 30.4 Å². The standard InChI is InChI=1S/C20H33N3O/c1-5-6-7-11-21-20(24)23-14-12-22(13-15-23)19-17(4)9-8-10-18(19)16(2)3/h8-10,16H,5-7,11-15H2,1-4H3,(H,21,24). The Morgan fingerprint density at radius 1 is 1.17 bits per heavy atom. The Morgan fingerprint density at radius 2 is 1.88 bits per heavy atom. The van der Waals surface area contributed by atoms with Crippen LogP contribution in [0.25, 0.3) is 0 Å². The molecule has 4 nitrogen and oxygen atoms in total. The SMILES string of the molecule is CCCCCNC(=O)N1CCN(c2c(C)cccc2C(C)C)CC1. The van der Waals surface area contributed by atoms with Crippen molar-refractivity contribution in [2.75, 3.05) is 37.6 Å². The van der Waals surface area contributed by atoms with Gasteiger partial charge < -0.3 is 15.1 Å². The number of amides is 2. The second-order valence-corrected chi connectivity index (χ2v) is 7.08. The maximum absolute atomic E-state index is 12.2. The fourth-order valence-corrected chi connectivity index (χ4v) is 3.39. The first kappa shape index (κ1) is 18.6. The van der Waals surface area contributed by atoms with Crippen molar-refractivity contribution in [3.63, 3.8) is 0 Å².